The number of carbonyl (C=O) groups is 2. The fourth-order valence-corrected chi connectivity index (χ4v) is 6.16. The number of aliphatic hydroxyl groups is 1. The number of hydrogen-bond donors (Lipinski definition) is 4. The number of aryl methyl sites for hydroxylation is 1. The average Bonchev–Trinajstić information content (AvgIpc) is 3.21. The minimum absolute atomic E-state index is 0.0427. The molecular weight excluding hydrogens is 473 g/mol. The zero-order valence-corrected chi connectivity index (χ0v) is 21.4. The van der Waals surface area contributed by atoms with E-state index in [1.807, 2.05) is 42.2 Å². The maximum atomic E-state index is 15.4. The Morgan fingerprint density at radius 2 is 2.00 bits per heavy atom. The molecule has 0 radical (unpaired) electrons. The third kappa shape index (κ3) is 6.48. The standard InChI is InChI=1S/C29H38FN3O4/c1-18-6-2-7-19(14-18)27-23(9-3-11-24(27)30)22(10-4-12-32-29(36)37)20-8-5-13-33(17-20)28(35)21-15-25(31)26(34)16-21/h2-3,6-7,9,11,14,20-22,25-26,32,34H,4-5,8,10,12-13,15-17,31H2,1H3,(H,36,37)/t20-,21+,22-,25-,26+/m1/s1. The van der Waals surface area contributed by atoms with Crippen molar-refractivity contribution in [2.75, 3.05) is 19.6 Å². The number of benzene rings is 2. The van der Waals surface area contributed by atoms with Crippen molar-refractivity contribution in [3.63, 3.8) is 0 Å². The third-order valence-corrected chi connectivity index (χ3v) is 7.98. The number of hydrogen-bond acceptors (Lipinski definition) is 4. The normalized spacial score (nSPS) is 24.6. The number of nitrogens with one attached hydrogen (secondary N) is 1. The fraction of sp³-hybridized carbons (Fsp3) is 0.517. The second-order valence-corrected chi connectivity index (χ2v) is 10.6. The summed E-state index contributed by atoms with van der Waals surface area (Å²) in [6, 6.07) is 12.6. The average molecular weight is 512 g/mol. The quantitative estimate of drug-likeness (QED) is 0.395. The number of likely N-dealkylation sites (tertiary alicyclic amines) is 1. The lowest BCUT2D eigenvalue weighted by atomic mass is 9.75. The van der Waals surface area contributed by atoms with Crippen LogP contribution in [0.2, 0.25) is 0 Å². The summed E-state index contributed by atoms with van der Waals surface area (Å²) < 4.78 is 15.4. The van der Waals surface area contributed by atoms with Gasteiger partial charge in [-0.25, -0.2) is 9.18 Å². The Hall–Kier alpha value is -2.97. The number of carboxylic acid groups (broad SMARTS) is 1. The highest BCUT2D eigenvalue weighted by atomic mass is 19.1. The molecule has 1 heterocycles. The Labute approximate surface area is 217 Å². The first kappa shape index (κ1) is 27.1. The van der Waals surface area contributed by atoms with Gasteiger partial charge in [0.1, 0.15) is 5.82 Å². The van der Waals surface area contributed by atoms with Crippen molar-refractivity contribution in [3.8, 4) is 11.1 Å². The van der Waals surface area contributed by atoms with Gasteiger partial charge in [-0.2, -0.15) is 0 Å². The molecule has 37 heavy (non-hydrogen) atoms. The number of carbonyl (C=O) groups excluding carboxylic acids is 1. The summed E-state index contributed by atoms with van der Waals surface area (Å²) in [6.45, 7) is 3.52. The lowest BCUT2D eigenvalue weighted by Gasteiger charge is -2.39. The zero-order valence-electron chi connectivity index (χ0n) is 21.4. The lowest BCUT2D eigenvalue weighted by molar-refractivity contribution is -0.137. The number of rotatable bonds is 8. The van der Waals surface area contributed by atoms with E-state index in [2.05, 4.69) is 5.32 Å². The van der Waals surface area contributed by atoms with Crippen LogP contribution in [0.1, 0.15) is 55.6 Å². The summed E-state index contributed by atoms with van der Waals surface area (Å²) in [5.74, 6) is -0.448. The molecule has 2 fully saturated rings. The van der Waals surface area contributed by atoms with Gasteiger partial charge in [-0.1, -0.05) is 42.0 Å². The Balaban J connectivity index is 1.62. The van der Waals surface area contributed by atoms with E-state index in [9.17, 15) is 14.7 Å². The Bertz CT molecular complexity index is 1100. The van der Waals surface area contributed by atoms with Crippen molar-refractivity contribution in [1.82, 2.24) is 10.2 Å². The highest BCUT2D eigenvalue weighted by molar-refractivity contribution is 5.79. The molecule has 5 N–H and O–H groups in total. The van der Waals surface area contributed by atoms with Crippen LogP contribution in [0.4, 0.5) is 9.18 Å². The van der Waals surface area contributed by atoms with Gasteiger partial charge in [-0.15, -0.1) is 0 Å². The van der Waals surface area contributed by atoms with Gasteiger partial charge in [0.2, 0.25) is 5.91 Å². The van der Waals surface area contributed by atoms with Crippen LogP contribution in [0.5, 0.6) is 0 Å². The van der Waals surface area contributed by atoms with Gasteiger partial charge in [-0.05, 0) is 74.5 Å². The molecule has 0 unspecified atom stereocenters. The summed E-state index contributed by atoms with van der Waals surface area (Å²) in [5, 5.41) is 21.5. The molecule has 2 amide bonds. The maximum absolute atomic E-state index is 15.4. The predicted octanol–water partition coefficient (Wildman–Crippen LogP) is 4.27. The summed E-state index contributed by atoms with van der Waals surface area (Å²) >= 11 is 0. The van der Waals surface area contributed by atoms with E-state index >= 15 is 4.39 Å². The molecule has 5 atom stereocenters. The van der Waals surface area contributed by atoms with Crippen LogP contribution in [-0.2, 0) is 4.79 Å². The summed E-state index contributed by atoms with van der Waals surface area (Å²) in [6.07, 6.45) is 2.20. The van der Waals surface area contributed by atoms with E-state index in [1.165, 1.54) is 6.07 Å². The van der Waals surface area contributed by atoms with Gasteiger partial charge >= 0.3 is 6.09 Å². The largest absolute Gasteiger partial charge is 0.465 e. The van der Waals surface area contributed by atoms with Crippen molar-refractivity contribution >= 4 is 12.0 Å². The van der Waals surface area contributed by atoms with Gasteiger partial charge in [0.05, 0.1) is 6.10 Å². The molecule has 0 spiro atoms. The number of halogens is 1. The Morgan fingerprint density at radius 3 is 2.70 bits per heavy atom. The monoisotopic (exact) mass is 511 g/mol. The first-order chi connectivity index (χ1) is 17.7. The molecule has 1 aliphatic carbocycles. The molecule has 8 heteroatoms. The number of nitrogens with two attached hydrogens (primary N) is 1. The van der Waals surface area contributed by atoms with Gasteiger partial charge in [0, 0.05) is 37.2 Å². The second kappa shape index (κ2) is 12.0. The van der Waals surface area contributed by atoms with Crippen molar-refractivity contribution in [2.24, 2.45) is 17.6 Å². The number of nitrogens with zero attached hydrogens (tertiary/aromatic N) is 1. The predicted molar refractivity (Wildman–Crippen MR) is 141 cm³/mol. The van der Waals surface area contributed by atoms with Crippen LogP contribution in [0.3, 0.4) is 0 Å². The van der Waals surface area contributed by atoms with Crippen molar-refractivity contribution in [3.05, 3.63) is 59.4 Å². The molecule has 1 aliphatic heterocycles. The topological polar surface area (TPSA) is 116 Å². The second-order valence-electron chi connectivity index (χ2n) is 10.6. The van der Waals surface area contributed by atoms with Gasteiger partial charge < -0.3 is 26.2 Å². The highest BCUT2D eigenvalue weighted by Gasteiger charge is 2.39. The van der Waals surface area contributed by atoms with Crippen molar-refractivity contribution in [2.45, 2.75) is 63.5 Å². The highest BCUT2D eigenvalue weighted by Crippen LogP contribution is 2.41. The van der Waals surface area contributed by atoms with Crippen LogP contribution >= 0.6 is 0 Å². The Morgan fingerprint density at radius 1 is 1.22 bits per heavy atom. The third-order valence-electron chi connectivity index (χ3n) is 7.98. The van der Waals surface area contributed by atoms with E-state index in [0.717, 1.165) is 29.5 Å². The summed E-state index contributed by atoms with van der Waals surface area (Å²) in [7, 11) is 0. The maximum Gasteiger partial charge on any atom is 0.404 e. The minimum Gasteiger partial charge on any atom is -0.465 e. The van der Waals surface area contributed by atoms with Crippen LogP contribution in [0, 0.1) is 24.6 Å². The Kier molecular flexibility index (Phi) is 8.82. The molecule has 1 saturated heterocycles. The number of piperidine rings is 1. The smallest absolute Gasteiger partial charge is 0.404 e. The van der Waals surface area contributed by atoms with Gasteiger partial charge in [0.25, 0.3) is 0 Å². The van der Waals surface area contributed by atoms with Crippen LogP contribution < -0.4 is 11.1 Å². The molecule has 0 bridgehead atoms. The van der Waals surface area contributed by atoms with Gasteiger partial charge in [0.15, 0.2) is 0 Å². The summed E-state index contributed by atoms with van der Waals surface area (Å²) in [4.78, 5) is 26.2. The van der Waals surface area contributed by atoms with E-state index in [-0.39, 0.29) is 35.5 Å². The summed E-state index contributed by atoms with van der Waals surface area (Å²) in [5.41, 5.74) is 9.31. The van der Waals surface area contributed by atoms with Crippen LogP contribution in [-0.4, -0.2) is 58.9 Å². The zero-order chi connectivity index (χ0) is 26.5. The van der Waals surface area contributed by atoms with E-state index in [0.29, 0.717) is 50.9 Å². The minimum atomic E-state index is -1.06. The lowest BCUT2D eigenvalue weighted by Crippen LogP contribution is -2.44. The molecular formula is C29H38FN3O4. The van der Waals surface area contributed by atoms with Gasteiger partial charge in [-0.3, -0.25) is 4.79 Å². The number of amides is 2. The number of aliphatic hydroxyl groups excluding tert-OH is 1. The first-order valence-electron chi connectivity index (χ1n) is 13.3. The van der Waals surface area contributed by atoms with E-state index in [4.69, 9.17) is 10.8 Å². The van der Waals surface area contributed by atoms with E-state index < -0.39 is 12.2 Å². The fourth-order valence-electron chi connectivity index (χ4n) is 6.16. The molecule has 2 aliphatic rings. The van der Waals surface area contributed by atoms with E-state index in [1.54, 1.807) is 6.07 Å². The van der Waals surface area contributed by atoms with Crippen LogP contribution in [0.15, 0.2) is 42.5 Å². The molecule has 0 aromatic heterocycles. The first-order valence-corrected chi connectivity index (χ1v) is 13.3. The van der Waals surface area contributed by atoms with Crippen molar-refractivity contribution in [1.29, 1.82) is 0 Å². The molecule has 1 saturated carbocycles. The molecule has 200 valence electrons. The van der Waals surface area contributed by atoms with Crippen molar-refractivity contribution < 1.29 is 24.2 Å². The molecule has 7 nitrogen and oxygen atoms in total. The SMILES string of the molecule is Cc1cccc(-c2c(F)cccc2[C@H](CCCNC(=O)O)[C@@H]2CCCN(C(=O)[C@H]3C[C@@H](N)[C@@H](O)C3)C2)c1. The molecule has 2 aromatic carbocycles. The van der Waals surface area contributed by atoms with Crippen LogP contribution in [0.25, 0.3) is 11.1 Å². The molecule has 4 rings (SSSR count). The molecule has 2 aromatic rings.